The number of carboxylic acids is 1. The molecule has 4 heteroatoms. The summed E-state index contributed by atoms with van der Waals surface area (Å²) in [6.45, 7) is 1.89. The average molecular weight is 180 g/mol. The van der Waals surface area contributed by atoms with Gasteiger partial charge in [0, 0.05) is 12.6 Å². The molecule has 0 unspecified atom stereocenters. The monoisotopic (exact) mass is 180 g/mol. The van der Waals surface area contributed by atoms with Gasteiger partial charge in [0.05, 0.1) is 5.69 Å². The number of rotatable bonds is 1. The zero-order valence-electron chi connectivity index (χ0n) is 7.53. The van der Waals surface area contributed by atoms with Gasteiger partial charge in [0.15, 0.2) is 0 Å². The smallest absolute Gasteiger partial charge is 0.326 e. The molecule has 70 valence electrons. The van der Waals surface area contributed by atoms with Crippen molar-refractivity contribution in [2.75, 3.05) is 0 Å². The summed E-state index contributed by atoms with van der Waals surface area (Å²) in [6.07, 6.45) is 4.37. The Morgan fingerprint density at radius 3 is 3.23 bits per heavy atom. The Morgan fingerprint density at radius 1 is 1.77 bits per heavy atom. The third-order valence-electron chi connectivity index (χ3n) is 2.43. The van der Waals surface area contributed by atoms with Crippen molar-refractivity contribution in [2.45, 2.75) is 32.2 Å². The normalized spacial score (nSPS) is 21.2. The molecule has 1 aliphatic heterocycles. The number of hydrogen-bond donors (Lipinski definition) is 1. The SMILES string of the molecule is Cc1cn2c(n1)CCC[C@@H]2C(=O)O. The molecule has 0 amide bonds. The van der Waals surface area contributed by atoms with Crippen LogP contribution in [0.5, 0.6) is 0 Å². The molecule has 0 aliphatic carbocycles. The summed E-state index contributed by atoms with van der Waals surface area (Å²) in [5, 5.41) is 8.95. The van der Waals surface area contributed by atoms with Crippen LogP contribution in [0.3, 0.4) is 0 Å². The van der Waals surface area contributed by atoms with Crippen LogP contribution in [0.1, 0.15) is 30.4 Å². The highest BCUT2D eigenvalue weighted by atomic mass is 16.4. The van der Waals surface area contributed by atoms with Crippen LogP contribution in [0, 0.1) is 6.92 Å². The largest absolute Gasteiger partial charge is 0.480 e. The van der Waals surface area contributed by atoms with Gasteiger partial charge in [-0.15, -0.1) is 0 Å². The second kappa shape index (κ2) is 2.87. The van der Waals surface area contributed by atoms with Gasteiger partial charge in [-0.25, -0.2) is 9.78 Å². The molecule has 0 spiro atoms. The minimum absolute atomic E-state index is 0.398. The van der Waals surface area contributed by atoms with Gasteiger partial charge in [-0.05, 0) is 19.8 Å². The van der Waals surface area contributed by atoms with Crippen molar-refractivity contribution in [1.29, 1.82) is 0 Å². The molecule has 1 atom stereocenters. The molecular formula is C9H12N2O2. The van der Waals surface area contributed by atoms with Crippen LogP contribution in [0.15, 0.2) is 6.20 Å². The first kappa shape index (κ1) is 8.29. The molecule has 0 saturated heterocycles. The number of hydrogen-bond acceptors (Lipinski definition) is 2. The van der Waals surface area contributed by atoms with Gasteiger partial charge in [0.25, 0.3) is 0 Å². The van der Waals surface area contributed by atoms with Gasteiger partial charge < -0.3 is 9.67 Å². The summed E-state index contributed by atoms with van der Waals surface area (Å²) in [5.74, 6) is 0.162. The van der Waals surface area contributed by atoms with Crippen molar-refractivity contribution in [1.82, 2.24) is 9.55 Å². The summed E-state index contributed by atoms with van der Waals surface area (Å²) < 4.78 is 1.79. The molecule has 2 heterocycles. The van der Waals surface area contributed by atoms with Crippen LogP contribution in [0.4, 0.5) is 0 Å². The molecule has 1 aliphatic rings. The quantitative estimate of drug-likeness (QED) is 0.705. The highest BCUT2D eigenvalue weighted by molar-refractivity contribution is 5.72. The van der Waals surface area contributed by atoms with Crippen LogP contribution >= 0.6 is 0 Å². The number of aromatic nitrogens is 2. The zero-order chi connectivity index (χ0) is 9.42. The van der Waals surface area contributed by atoms with Crippen LogP contribution in [-0.4, -0.2) is 20.6 Å². The predicted molar refractivity (Wildman–Crippen MR) is 46.6 cm³/mol. The van der Waals surface area contributed by atoms with E-state index in [9.17, 15) is 4.79 Å². The van der Waals surface area contributed by atoms with Gasteiger partial charge >= 0.3 is 5.97 Å². The fourth-order valence-electron chi connectivity index (χ4n) is 1.86. The van der Waals surface area contributed by atoms with Gasteiger partial charge in [-0.3, -0.25) is 0 Å². The Balaban J connectivity index is 2.41. The lowest BCUT2D eigenvalue weighted by Crippen LogP contribution is -2.24. The first-order valence-electron chi connectivity index (χ1n) is 4.45. The number of carbonyl (C=O) groups is 1. The fourth-order valence-corrected chi connectivity index (χ4v) is 1.86. The summed E-state index contributed by atoms with van der Waals surface area (Å²) >= 11 is 0. The van der Waals surface area contributed by atoms with E-state index in [0.717, 1.165) is 30.8 Å². The van der Waals surface area contributed by atoms with E-state index in [2.05, 4.69) is 4.98 Å². The van der Waals surface area contributed by atoms with E-state index in [1.165, 1.54) is 0 Å². The Hall–Kier alpha value is -1.32. The molecule has 13 heavy (non-hydrogen) atoms. The van der Waals surface area contributed by atoms with Crippen LogP contribution < -0.4 is 0 Å². The molecule has 1 N–H and O–H groups in total. The lowest BCUT2D eigenvalue weighted by atomic mass is 10.1. The van der Waals surface area contributed by atoms with Crippen molar-refractivity contribution in [3.8, 4) is 0 Å². The number of nitrogens with zero attached hydrogens (tertiary/aromatic N) is 2. The van der Waals surface area contributed by atoms with Crippen molar-refractivity contribution in [2.24, 2.45) is 0 Å². The molecule has 0 bridgehead atoms. The molecule has 4 nitrogen and oxygen atoms in total. The number of aliphatic carboxylic acids is 1. The summed E-state index contributed by atoms with van der Waals surface area (Å²) in [6, 6.07) is -0.398. The minimum atomic E-state index is -0.752. The maximum atomic E-state index is 10.9. The lowest BCUT2D eigenvalue weighted by molar-refractivity contribution is -0.141. The summed E-state index contributed by atoms with van der Waals surface area (Å²) in [4.78, 5) is 15.2. The van der Waals surface area contributed by atoms with Crippen molar-refractivity contribution in [3.05, 3.63) is 17.7 Å². The summed E-state index contributed by atoms with van der Waals surface area (Å²) in [5.41, 5.74) is 0.906. The van der Waals surface area contributed by atoms with E-state index < -0.39 is 12.0 Å². The zero-order valence-corrected chi connectivity index (χ0v) is 7.53. The van der Waals surface area contributed by atoms with Gasteiger partial charge in [-0.1, -0.05) is 0 Å². The standard InChI is InChI=1S/C9H12N2O2/c1-6-5-11-7(9(12)13)3-2-4-8(11)10-6/h5,7H,2-4H2,1H3,(H,12,13)/t7-/m1/s1. The van der Waals surface area contributed by atoms with Crippen molar-refractivity contribution < 1.29 is 9.90 Å². The molecule has 0 radical (unpaired) electrons. The fraction of sp³-hybridized carbons (Fsp3) is 0.556. The van der Waals surface area contributed by atoms with E-state index in [4.69, 9.17) is 5.11 Å². The summed E-state index contributed by atoms with van der Waals surface area (Å²) in [7, 11) is 0. The lowest BCUT2D eigenvalue weighted by Gasteiger charge is -2.20. The Kier molecular flexibility index (Phi) is 1.83. The highest BCUT2D eigenvalue weighted by Crippen LogP contribution is 2.24. The minimum Gasteiger partial charge on any atom is -0.480 e. The average Bonchev–Trinajstić information content (AvgIpc) is 2.43. The second-order valence-electron chi connectivity index (χ2n) is 3.45. The maximum Gasteiger partial charge on any atom is 0.326 e. The van der Waals surface area contributed by atoms with Gasteiger partial charge in [0.2, 0.25) is 0 Å². The van der Waals surface area contributed by atoms with E-state index in [-0.39, 0.29) is 0 Å². The molecule has 1 aromatic heterocycles. The number of aryl methyl sites for hydroxylation is 2. The topological polar surface area (TPSA) is 55.1 Å². The first-order chi connectivity index (χ1) is 6.18. The van der Waals surface area contributed by atoms with Crippen molar-refractivity contribution >= 4 is 5.97 Å². The first-order valence-corrected chi connectivity index (χ1v) is 4.45. The molecule has 2 rings (SSSR count). The Morgan fingerprint density at radius 2 is 2.54 bits per heavy atom. The van der Waals surface area contributed by atoms with E-state index >= 15 is 0 Å². The molecule has 0 aromatic carbocycles. The molecular weight excluding hydrogens is 168 g/mol. The van der Waals surface area contributed by atoms with Crippen molar-refractivity contribution in [3.63, 3.8) is 0 Å². The van der Waals surface area contributed by atoms with E-state index in [1.54, 1.807) is 4.57 Å². The van der Waals surface area contributed by atoms with Crippen LogP contribution in [0.2, 0.25) is 0 Å². The number of fused-ring (bicyclic) bond motifs is 1. The Bertz CT molecular complexity index is 343. The van der Waals surface area contributed by atoms with Gasteiger partial charge in [0.1, 0.15) is 11.9 Å². The third-order valence-corrected chi connectivity index (χ3v) is 2.43. The number of carboxylic acid groups (broad SMARTS) is 1. The number of imidazole rings is 1. The van der Waals surface area contributed by atoms with Crippen LogP contribution in [0.25, 0.3) is 0 Å². The molecule has 1 aromatic rings. The second-order valence-corrected chi connectivity index (χ2v) is 3.45. The highest BCUT2D eigenvalue weighted by Gasteiger charge is 2.25. The predicted octanol–water partition coefficient (Wildman–Crippen LogP) is 1.15. The van der Waals surface area contributed by atoms with Crippen LogP contribution in [-0.2, 0) is 11.2 Å². The van der Waals surface area contributed by atoms with E-state index in [0.29, 0.717) is 0 Å². The molecule has 0 saturated carbocycles. The maximum absolute atomic E-state index is 10.9. The molecule has 0 fully saturated rings. The van der Waals surface area contributed by atoms with Gasteiger partial charge in [-0.2, -0.15) is 0 Å². The third kappa shape index (κ3) is 1.32. The van der Waals surface area contributed by atoms with E-state index in [1.807, 2.05) is 13.1 Å². The Labute approximate surface area is 76.2 Å².